The molecule has 0 saturated carbocycles. The van der Waals surface area contributed by atoms with Crippen molar-refractivity contribution in [1.82, 2.24) is 9.80 Å². The summed E-state index contributed by atoms with van der Waals surface area (Å²) in [4.78, 5) is 50.8. The van der Waals surface area contributed by atoms with Crippen LogP contribution in [0.1, 0.15) is 30.9 Å². The third-order valence-electron chi connectivity index (χ3n) is 7.68. The Labute approximate surface area is 255 Å². The van der Waals surface area contributed by atoms with E-state index in [1.54, 1.807) is 21.9 Å². The largest absolute Gasteiger partial charge is 0.477 e. The molecular weight excluding hydrogens is 600 g/mol. The highest BCUT2D eigenvalue weighted by Gasteiger charge is 2.58. The molecule has 4 atom stereocenters. The maximum Gasteiger partial charge on any atom is 0.410 e. The van der Waals surface area contributed by atoms with E-state index in [0.717, 1.165) is 4.91 Å². The average Bonchev–Trinajstić information content (AvgIpc) is 3.62. The predicted octanol–water partition coefficient (Wildman–Crippen LogP) is 4.52. The molecule has 2 amide bonds. The van der Waals surface area contributed by atoms with Gasteiger partial charge in [0.05, 0.1) is 21.9 Å². The van der Waals surface area contributed by atoms with Crippen molar-refractivity contribution in [2.75, 3.05) is 13.1 Å². The number of likely N-dealkylation sites (tertiary alicyclic amines) is 1. The molecule has 226 valence electrons. The summed E-state index contributed by atoms with van der Waals surface area (Å²) in [6, 6.07) is 11.6. The highest BCUT2D eigenvalue weighted by atomic mass is 32.2. The van der Waals surface area contributed by atoms with E-state index in [9.17, 15) is 34.9 Å². The third kappa shape index (κ3) is 6.19. The Kier molecular flexibility index (Phi) is 8.94. The molecule has 2 saturated heterocycles. The van der Waals surface area contributed by atoms with Crippen molar-refractivity contribution in [1.29, 1.82) is 0 Å². The number of benzene rings is 2. The van der Waals surface area contributed by atoms with Crippen LogP contribution in [0, 0.1) is 32.1 Å². The first-order chi connectivity index (χ1) is 20.6. The lowest BCUT2D eigenvalue weighted by Crippen LogP contribution is -2.61. The van der Waals surface area contributed by atoms with Gasteiger partial charge in [0, 0.05) is 48.2 Å². The van der Waals surface area contributed by atoms with Crippen LogP contribution < -0.4 is 0 Å². The number of thioether (sulfide) groups is 1. The Morgan fingerprint density at radius 3 is 2.14 bits per heavy atom. The standard InChI is InChI=1S/C28H28N4O9S2/c1-2-21(33)22-25(34)30-23(27(42)40-14-16-3-7-19(8-4-16)31(36)37)24(43-26(22)30)18-11-12-29(13-18)28(35)41-15-17-5-9-20(10-6-17)32(38)39/h3-10,18,21-22,26,33H,2,11-15H2,1H3/t18-,21-,22+,26+/m0/s1. The van der Waals surface area contributed by atoms with Crippen LogP contribution in [-0.2, 0) is 27.5 Å². The molecule has 2 aromatic rings. The van der Waals surface area contributed by atoms with E-state index in [1.165, 1.54) is 48.2 Å². The van der Waals surface area contributed by atoms with Gasteiger partial charge in [0.15, 0.2) is 0 Å². The zero-order chi connectivity index (χ0) is 30.8. The second-order valence-electron chi connectivity index (χ2n) is 10.3. The van der Waals surface area contributed by atoms with Crippen molar-refractivity contribution in [3.63, 3.8) is 0 Å². The summed E-state index contributed by atoms with van der Waals surface area (Å²) in [7, 11) is 0. The van der Waals surface area contributed by atoms with Gasteiger partial charge in [0.25, 0.3) is 11.4 Å². The Hall–Kier alpha value is -4.08. The summed E-state index contributed by atoms with van der Waals surface area (Å²) in [6.45, 7) is 2.55. The zero-order valence-corrected chi connectivity index (χ0v) is 24.6. The van der Waals surface area contributed by atoms with Crippen LogP contribution >= 0.6 is 24.0 Å². The number of nitro benzene ring substituents is 2. The number of nitro groups is 2. The molecular formula is C28H28N4O9S2. The van der Waals surface area contributed by atoms with Crippen LogP contribution in [0.2, 0.25) is 0 Å². The molecule has 15 heteroatoms. The summed E-state index contributed by atoms with van der Waals surface area (Å²) < 4.78 is 11.3. The molecule has 1 N–H and O–H groups in total. The van der Waals surface area contributed by atoms with Crippen molar-refractivity contribution in [2.24, 2.45) is 11.8 Å². The van der Waals surface area contributed by atoms with Gasteiger partial charge in [0.2, 0.25) is 11.0 Å². The van der Waals surface area contributed by atoms with E-state index >= 15 is 0 Å². The van der Waals surface area contributed by atoms with Crippen molar-refractivity contribution in [3.05, 3.63) is 90.5 Å². The number of hydrogen-bond donors (Lipinski definition) is 1. The number of non-ortho nitro benzene ring substituents is 2. The molecule has 13 nitrogen and oxygen atoms in total. The first-order valence-corrected chi connectivity index (χ1v) is 14.8. The molecule has 3 aliphatic rings. The molecule has 0 radical (unpaired) electrons. The number of nitrogens with zero attached hydrogens (tertiary/aromatic N) is 4. The second kappa shape index (κ2) is 12.7. The molecule has 5 rings (SSSR count). The molecule has 0 spiro atoms. The van der Waals surface area contributed by atoms with Gasteiger partial charge < -0.3 is 19.5 Å². The number of aliphatic hydroxyl groups excluding tert-OH is 1. The van der Waals surface area contributed by atoms with Crippen LogP contribution in [0.15, 0.2) is 59.1 Å². The number of thiocarbonyl (C=S) groups is 1. The number of ether oxygens (including phenoxy) is 2. The molecule has 2 fully saturated rings. The molecule has 3 aliphatic heterocycles. The fraction of sp³-hybridized carbons (Fsp3) is 0.393. The predicted molar refractivity (Wildman–Crippen MR) is 158 cm³/mol. The van der Waals surface area contributed by atoms with Gasteiger partial charge in [0.1, 0.15) is 24.3 Å². The van der Waals surface area contributed by atoms with Gasteiger partial charge >= 0.3 is 6.09 Å². The lowest BCUT2D eigenvalue weighted by molar-refractivity contribution is -0.385. The highest BCUT2D eigenvalue weighted by molar-refractivity contribution is 8.04. The normalized spacial score (nSPS) is 21.7. The number of amides is 2. The number of fused-ring (bicyclic) bond motifs is 1. The van der Waals surface area contributed by atoms with Crippen molar-refractivity contribution >= 4 is 52.4 Å². The maximum atomic E-state index is 13.2. The second-order valence-corrected chi connectivity index (χ2v) is 11.9. The minimum atomic E-state index is -0.800. The molecule has 0 bridgehead atoms. The fourth-order valence-electron chi connectivity index (χ4n) is 5.27. The minimum absolute atomic E-state index is 0.0394. The lowest BCUT2D eigenvalue weighted by atomic mass is 9.89. The number of carbonyl (C=O) groups excluding carboxylic acids is 2. The number of rotatable bonds is 10. The molecule has 3 heterocycles. The van der Waals surface area contributed by atoms with Gasteiger partial charge in [-0.3, -0.25) is 29.9 Å². The van der Waals surface area contributed by atoms with E-state index in [4.69, 9.17) is 21.7 Å². The van der Waals surface area contributed by atoms with E-state index in [2.05, 4.69) is 0 Å². The van der Waals surface area contributed by atoms with Gasteiger partial charge in [-0.05, 0) is 60.5 Å². The summed E-state index contributed by atoms with van der Waals surface area (Å²) in [5.41, 5.74) is 1.64. The Morgan fingerprint density at radius 1 is 1.05 bits per heavy atom. The van der Waals surface area contributed by atoms with Gasteiger partial charge in [-0.1, -0.05) is 6.92 Å². The van der Waals surface area contributed by atoms with E-state index < -0.39 is 28.0 Å². The number of carbonyl (C=O) groups is 2. The molecule has 43 heavy (non-hydrogen) atoms. The number of β-lactam (4-membered cyclic amide) rings is 1. The van der Waals surface area contributed by atoms with Crippen molar-refractivity contribution in [2.45, 2.75) is 44.5 Å². The van der Waals surface area contributed by atoms with Crippen LogP contribution in [0.25, 0.3) is 0 Å². The summed E-state index contributed by atoms with van der Waals surface area (Å²) >= 11 is 7.09. The molecule has 0 aliphatic carbocycles. The SMILES string of the molecule is CC[C@H](O)[C@@H]1C(=O)N2C(C(=S)OCc3ccc([N+](=O)[O-])cc3)=C([C@H]3CCN(C(=O)OCc4ccc([N+](=O)[O-])cc4)C3)S[C@H]12. The number of aliphatic hydroxyl groups is 1. The van der Waals surface area contributed by atoms with Crippen LogP contribution in [0.3, 0.4) is 0 Å². The lowest BCUT2D eigenvalue weighted by Gasteiger charge is -2.44. The molecule has 0 aromatic heterocycles. The summed E-state index contributed by atoms with van der Waals surface area (Å²) in [5, 5.41) is 32.1. The zero-order valence-electron chi connectivity index (χ0n) is 23.0. The molecule has 2 aromatic carbocycles. The van der Waals surface area contributed by atoms with E-state index in [0.29, 0.717) is 42.8 Å². The van der Waals surface area contributed by atoms with E-state index in [-0.39, 0.29) is 46.8 Å². The van der Waals surface area contributed by atoms with E-state index in [1.807, 2.05) is 6.92 Å². The van der Waals surface area contributed by atoms with Crippen molar-refractivity contribution in [3.8, 4) is 0 Å². The van der Waals surface area contributed by atoms with Crippen LogP contribution in [0.5, 0.6) is 0 Å². The monoisotopic (exact) mass is 628 g/mol. The first kappa shape index (κ1) is 30.4. The topological polar surface area (TPSA) is 166 Å². The van der Waals surface area contributed by atoms with Crippen molar-refractivity contribution < 1.29 is 34.0 Å². The third-order valence-corrected chi connectivity index (χ3v) is 9.51. The van der Waals surface area contributed by atoms with Gasteiger partial charge in [-0.2, -0.15) is 0 Å². The smallest absolute Gasteiger partial charge is 0.410 e. The Morgan fingerprint density at radius 2 is 1.60 bits per heavy atom. The number of hydrogen-bond acceptors (Lipinski definition) is 11. The average molecular weight is 629 g/mol. The fourth-order valence-corrected chi connectivity index (χ4v) is 7.31. The quantitative estimate of drug-likeness (QED) is 0.170. The van der Waals surface area contributed by atoms with Gasteiger partial charge in [-0.15, -0.1) is 11.8 Å². The maximum absolute atomic E-state index is 13.2. The first-order valence-electron chi connectivity index (χ1n) is 13.6. The van der Waals surface area contributed by atoms with Crippen LogP contribution in [0.4, 0.5) is 16.2 Å². The Balaban J connectivity index is 1.27. The minimum Gasteiger partial charge on any atom is -0.477 e. The van der Waals surface area contributed by atoms with Gasteiger partial charge in [-0.25, -0.2) is 4.79 Å². The highest BCUT2D eigenvalue weighted by Crippen LogP contribution is 2.54. The summed E-state index contributed by atoms with van der Waals surface area (Å²) in [5.74, 6) is -0.967. The summed E-state index contributed by atoms with van der Waals surface area (Å²) in [6.07, 6.45) is -0.308. The molecule has 0 unspecified atom stereocenters. The Bertz CT molecular complexity index is 1480. The van der Waals surface area contributed by atoms with Crippen LogP contribution in [-0.4, -0.2) is 66.4 Å².